The second kappa shape index (κ2) is 5.30. The second-order valence-corrected chi connectivity index (χ2v) is 5.51. The summed E-state index contributed by atoms with van der Waals surface area (Å²) in [4.78, 5) is 0. The molecule has 3 aromatic carbocycles. The third-order valence-electron chi connectivity index (χ3n) is 3.91. The topological polar surface area (TPSA) is 21.3 Å². The van der Waals surface area contributed by atoms with Crippen LogP contribution in [0.1, 0.15) is 11.1 Å². The molecule has 0 amide bonds. The Bertz CT molecular complexity index is 938. The van der Waals surface area contributed by atoms with Crippen molar-refractivity contribution in [3.8, 4) is 5.75 Å². The standard InChI is InChI=1S/C19H12F3NO/c20-19(21,22)24-15-9-7-12(8-10-15)17-11-14-5-1-3-13-4-2-6-16(23-17)18(13)14/h1-11,23H. The van der Waals surface area contributed by atoms with E-state index in [1.165, 1.54) is 12.1 Å². The van der Waals surface area contributed by atoms with Crippen LogP contribution in [0.4, 0.5) is 18.9 Å². The molecule has 3 aromatic rings. The Morgan fingerprint density at radius 2 is 1.54 bits per heavy atom. The second-order valence-electron chi connectivity index (χ2n) is 5.51. The first-order valence-corrected chi connectivity index (χ1v) is 7.36. The average Bonchev–Trinajstić information content (AvgIpc) is 2.54. The quantitative estimate of drug-likeness (QED) is 0.655. The number of halogens is 3. The molecule has 24 heavy (non-hydrogen) atoms. The third-order valence-corrected chi connectivity index (χ3v) is 3.91. The molecule has 0 fully saturated rings. The first kappa shape index (κ1) is 14.6. The summed E-state index contributed by atoms with van der Waals surface area (Å²) in [5.74, 6) is -0.231. The van der Waals surface area contributed by atoms with Gasteiger partial charge in [0.1, 0.15) is 5.75 Å². The van der Waals surface area contributed by atoms with Crippen molar-refractivity contribution in [3.63, 3.8) is 0 Å². The van der Waals surface area contributed by atoms with Crippen molar-refractivity contribution < 1.29 is 17.9 Å². The lowest BCUT2D eigenvalue weighted by molar-refractivity contribution is -0.274. The van der Waals surface area contributed by atoms with Crippen LogP contribution < -0.4 is 10.1 Å². The fraction of sp³-hybridized carbons (Fsp3) is 0.0526. The molecule has 1 heterocycles. The summed E-state index contributed by atoms with van der Waals surface area (Å²) in [6.45, 7) is 0. The van der Waals surface area contributed by atoms with Crippen molar-refractivity contribution >= 4 is 28.2 Å². The highest BCUT2D eigenvalue weighted by atomic mass is 19.4. The van der Waals surface area contributed by atoms with Crippen LogP contribution in [-0.4, -0.2) is 6.36 Å². The summed E-state index contributed by atoms with van der Waals surface area (Å²) in [6, 6.07) is 17.9. The number of nitrogens with one attached hydrogen (secondary N) is 1. The van der Waals surface area contributed by atoms with E-state index in [2.05, 4.69) is 10.1 Å². The van der Waals surface area contributed by atoms with Gasteiger partial charge in [-0.15, -0.1) is 13.2 Å². The first-order chi connectivity index (χ1) is 11.5. The molecule has 2 nitrogen and oxygen atoms in total. The Morgan fingerprint density at radius 3 is 2.25 bits per heavy atom. The number of hydrogen-bond donors (Lipinski definition) is 1. The summed E-state index contributed by atoms with van der Waals surface area (Å²) < 4.78 is 40.6. The van der Waals surface area contributed by atoms with Crippen LogP contribution in [0.3, 0.4) is 0 Å². The van der Waals surface area contributed by atoms with Crippen LogP contribution in [0, 0.1) is 0 Å². The van der Waals surface area contributed by atoms with E-state index in [-0.39, 0.29) is 5.75 Å². The van der Waals surface area contributed by atoms with Crippen LogP contribution in [-0.2, 0) is 0 Å². The number of ether oxygens (including phenoxy) is 1. The maximum atomic E-state index is 12.2. The van der Waals surface area contributed by atoms with Crippen LogP contribution in [0.5, 0.6) is 5.75 Å². The molecule has 0 saturated carbocycles. The van der Waals surface area contributed by atoms with E-state index < -0.39 is 6.36 Å². The van der Waals surface area contributed by atoms with E-state index >= 15 is 0 Å². The maximum Gasteiger partial charge on any atom is 0.573 e. The molecular weight excluding hydrogens is 315 g/mol. The number of benzene rings is 3. The minimum atomic E-state index is -4.68. The summed E-state index contributed by atoms with van der Waals surface area (Å²) in [6.07, 6.45) is -2.69. The average molecular weight is 327 g/mol. The van der Waals surface area contributed by atoms with Crippen molar-refractivity contribution in [1.82, 2.24) is 0 Å². The van der Waals surface area contributed by atoms with Crippen LogP contribution >= 0.6 is 0 Å². The Labute approximate surface area is 136 Å². The summed E-state index contributed by atoms with van der Waals surface area (Å²) in [5.41, 5.74) is 3.68. The van der Waals surface area contributed by atoms with Gasteiger partial charge in [-0.3, -0.25) is 0 Å². The van der Waals surface area contributed by atoms with E-state index in [0.29, 0.717) is 0 Å². The summed E-state index contributed by atoms with van der Waals surface area (Å²) in [5, 5.41) is 5.62. The molecule has 0 atom stereocenters. The molecule has 0 saturated heterocycles. The number of rotatable bonds is 2. The molecule has 1 N–H and O–H groups in total. The van der Waals surface area contributed by atoms with Gasteiger partial charge in [0, 0.05) is 16.8 Å². The highest BCUT2D eigenvalue weighted by molar-refractivity contribution is 6.09. The minimum absolute atomic E-state index is 0.231. The molecule has 4 rings (SSSR count). The lowest BCUT2D eigenvalue weighted by atomic mass is 9.97. The van der Waals surface area contributed by atoms with Gasteiger partial charge in [0.15, 0.2) is 0 Å². The van der Waals surface area contributed by atoms with Crippen molar-refractivity contribution in [2.24, 2.45) is 0 Å². The van der Waals surface area contributed by atoms with Gasteiger partial charge in [-0.05, 0) is 52.9 Å². The number of hydrogen-bond acceptors (Lipinski definition) is 2. The van der Waals surface area contributed by atoms with Gasteiger partial charge in [-0.25, -0.2) is 0 Å². The molecular formula is C19H12F3NO. The van der Waals surface area contributed by atoms with Crippen LogP contribution in [0.2, 0.25) is 0 Å². The largest absolute Gasteiger partial charge is 0.573 e. The van der Waals surface area contributed by atoms with Gasteiger partial charge in [-0.1, -0.05) is 30.3 Å². The fourth-order valence-corrected chi connectivity index (χ4v) is 2.92. The van der Waals surface area contributed by atoms with Crippen molar-refractivity contribution in [1.29, 1.82) is 0 Å². The molecule has 0 aliphatic carbocycles. The fourth-order valence-electron chi connectivity index (χ4n) is 2.92. The highest BCUT2D eigenvalue weighted by Gasteiger charge is 2.31. The molecule has 1 aliphatic heterocycles. The van der Waals surface area contributed by atoms with Crippen molar-refractivity contribution in [2.75, 3.05) is 5.32 Å². The molecule has 0 bridgehead atoms. The molecule has 0 radical (unpaired) electrons. The van der Waals surface area contributed by atoms with E-state index in [1.807, 2.05) is 42.5 Å². The van der Waals surface area contributed by atoms with E-state index in [1.54, 1.807) is 12.1 Å². The van der Waals surface area contributed by atoms with Crippen LogP contribution in [0.25, 0.3) is 22.5 Å². The predicted octanol–water partition coefficient (Wildman–Crippen LogP) is 5.66. The van der Waals surface area contributed by atoms with Crippen molar-refractivity contribution in [2.45, 2.75) is 6.36 Å². The zero-order valence-corrected chi connectivity index (χ0v) is 12.4. The minimum Gasteiger partial charge on any atom is -0.406 e. The van der Waals surface area contributed by atoms with Gasteiger partial charge < -0.3 is 10.1 Å². The lowest BCUT2D eigenvalue weighted by Gasteiger charge is -2.20. The predicted molar refractivity (Wildman–Crippen MR) is 88.6 cm³/mol. The highest BCUT2D eigenvalue weighted by Crippen LogP contribution is 2.36. The molecule has 0 aromatic heterocycles. The lowest BCUT2D eigenvalue weighted by Crippen LogP contribution is -2.17. The smallest absolute Gasteiger partial charge is 0.406 e. The SMILES string of the molecule is FC(F)(F)Oc1ccc(C2=Cc3cccc4cccc(c34)N2)cc1. The third kappa shape index (κ3) is 2.69. The normalized spacial score (nSPS) is 13.4. The maximum absolute atomic E-state index is 12.2. The summed E-state index contributed by atoms with van der Waals surface area (Å²) >= 11 is 0. The van der Waals surface area contributed by atoms with E-state index in [0.717, 1.165) is 33.3 Å². The van der Waals surface area contributed by atoms with E-state index in [4.69, 9.17) is 0 Å². The van der Waals surface area contributed by atoms with Gasteiger partial charge in [0.25, 0.3) is 0 Å². The van der Waals surface area contributed by atoms with Gasteiger partial charge in [0.2, 0.25) is 0 Å². The molecule has 5 heteroatoms. The monoisotopic (exact) mass is 327 g/mol. The number of alkyl halides is 3. The zero-order valence-electron chi connectivity index (χ0n) is 12.4. The Hall–Kier alpha value is -2.95. The number of anilines is 1. The Kier molecular flexibility index (Phi) is 3.23. The van der Waals surface area contributed by atoms with Gasteiger partial charge >= 0.3 is 6.36 Å². The van der Waals surface area contributed by atoms with Crippen molar-refractivity contribution in [3.05, 3.63) is 71.8 Å². The summed E-state index contributed by atoms with van der Waals surface area (Å²) in [7, 11) is 0. The van der Waals surface area contributed by atoms with Gasteiger partial charge in [0.05, 0.1) is 0 Å². The molecule has 0 spiro atoms. The van der Waals surface area contributed by atoms with Crippen LogP contribution in [0.15, 0.2) is 60.7 Å². The molecule has 1 aliphatic rings. The first-order valence-electron chi connectivity index (χ1n) is 7.36. The molecule has 120 valence electrons. The molecule has 0 unspecified atom stereocenters. The zero-order chi connectivity index (χ0) is 16.7. The van der Waals surface area contributed by atoms with Gasteiger partial charge in [-0.2, -0.15) is 0 Å². The Morgan fingerprint density at radius 1 is 0.833 bits per heavy atom. The van der Waals surface area contributed by atoms with E-state index in [9.17, 15) is 13.2 Å². The Balaban J connectivity index is 1.71.